The number of benzene rings is 2. The molecule has 2 aromatic carbocycles. The van der Waals surface area contributed by atoms with Crippen molar-refractivity contribution in [3.8, 4) is 5.69 Å². The fraction of sp³-hybridized carbons (Fsp3) is 0.174. The Labute approximate surface area is 182 Å². The normalized spacial score (nSPS) is 16.0. The first-order chi connectivity index (χ1) is 15.5. The Balaban J connectivity index is 1.36. The summed E-state index contributed by atoms with van der Waals surface area (Å²) < 4.78 is 2.61. The molecule has 2 amide bonds. The van der Waals surface area contributed by atoms with E-state index in [-0.39, 0.29) is 24.3 Å². The number of anilines is 1. The highest BCUT2D eigenvalue weighted by Gasteiger charge is 2.35. The van der Waals surface area contributed by atoms with Crippen LogP contribution >= 0.6 is 0 Å². The van der Waals surface area contributed by atoms with E-state index in [9.17, 15) is 14.4 Å². The van der Waals surface area contributed by atoms with Gasteiger partial charge >= 0.3 is 0 Å². The first-order valence-electron chi connectivity index (χ1n) is 10.2. The lowest BCUT2D eigenvalue weighted by Crippen LogP contribution is -2.37. The molecule has 160 valence electrons. The molecular weight excluding hydrogens is 408 g/mol. The molecule has 0 aliphatic carbocycles. The summed E-state index contributed by atoms with van der Waals surface area (Å²) in [6.45, 7) is 2.22. The minimum Gasteiger partial charge on any atom is -0.312 e. The second kappa shape index (κ2) is 7.77. The van der Waals surface area contributed by atoms with Gasteiger partial charge in [-0.1, -0.05) is 35.9 Å². The second-order valence-electron chi connectivity index (χ2n) is 7.77. The van der Waals surface area contributed by atoms with Crippen molar-refractivity contribution in [3.63, 3.8) is 0 Å². The molecule has 0 saturated carbocycles. The van der Waals surface area contributed by atoms with Gasteiger partial charge in [0.15, 0.2) is 5.65 Å². The van der Waals surface area contributed by atoms with E-state index < -0.39 is 17.4 Å². The zero-order valence-corrected chi connectivity index (χ0v) is 17.3. The molecule has 0 radical (unpaired) electrons. The molecule has 5 rings (SSSR count). The van der Waals surface area contributed by atoms with Gasteiger partial charge in [-0.05, 0) is 31.2 Å². The van der Waals surface area contributed by atoms with Crippen LogP contribution in [0.1, 0.15) is 12.0 Å². The van der Waals surface area contributed by atoms with E-state index in [1.165, 1.54) is 12.5 Å². The van der Waals surface area contributed by atoms with Gasteiger partial charge in [0, 0.05) is 18.7 Å². The highest BCUT2D eigenvalue weighted by molar-refractivity contribution is 6.01. The fourth-order valence-corrected chi connectivity index (χ4v) is 3.82. The molecule has 9 heteroatoms. The van der Waals surface area contributed by atoms with E-state index in [2.05, 4.69) is 15.5 Å². The van der Waals surface area contributed by atoms with Crippen LogP contribution in [0.4, 0.5) is 5.69 Å². The Morgan fingerprint density at radius 3 is 2.53 bits per heavy atom. The number of hydrogen-bond donors (Lipinski definition) is 1. The third-order valence-electron chi connectivity index (χ3n) is 5.56. The maximum Gasteiger partial charge on any atom is 0.283 e. The van der Waals surface area contributed by atoms with Crippen LogP contribution in [0.15, 0.2) is 71.9 Å². The molecule has 1 N–H and O–H groups in total. The Bertz CT molecular complexity index is 1370. The van der Waals surface area contributed by atoms with Crippen LogP contribution in [-0.2, 0) is 9.59 Å². The van der Waals surface area contributed by atoms with Crippen molar-refractivity contribution in [2.45, 2.75) is 13.3 Å². The monoisotopic (exact) mass is 428 g/mol. The molecule has 1 aliphatic heterocycles. The molecule has 3 heterocycles. The number of hydrogen-bond acceptors (Lipinski definition) is 5. The van der Waals surface area contributed by atoms with Crippen molar-refractivity contribution >= 4 is 28.5 Å². The van der Waals surface area contributed by atoms with Gasteiger partial charge in [-0.25, -0.2) is 14.3 Å². The summed E-state index contributed by atoms with van der Waals surface area (Å²) in [5.41, 5.74) is 5.16. The van der Waals surface area contributed by atoms with Gasteiger partial charge in [0.25, 0.3) is 5.56 Å². The maximum atomic E-state index is 12.9. The number of aromatic nitrogens is 4. The van der Waals surface area contributed by atoms with E-state index in [1.54, 1.807) is 9.58 Å². The topological polar surface area (TPSA) is 102 Å². The number of fused-ring (bicyclic) bond motifs is 1. The Hall–Kier alpha value is -4.27. The lowest BCUT2D eigenvalue weighted by atomic mass is 10.1. The summed E-state index contributed by atoms with van der Waals surface area (Å²) in [7, 11) is 0. The van der Waals surface area contributed by atoms with Crippen LogP contribution < -0.4 is 15.9 Å². The quantitative estimate of drug-likeness (QED) is 0.536. The highest BCUT2D eigenvalue weighted by atomic mass is 16.2. The number of rotatable bonds is 4. The Kier molecular flexibility index (Phi) is 4.78. The molecule has 4 aromatic rings. The lowest BCUT2D eigenvalue weighted by Gasteiger charge is -2.17. The summed E-state index contributed by atoms with van der Waals surface area (Å²) in [5.74, 6) is -1.11. The van der Waals surface area contributed by atoms with Gasteiger partial charge < -0.3 is 4.90 Å². The largest absolute Gasteiger partial charge is 0.312 e. The molecule has 32 heavy (non-hydrogen) atoms. The summed E-state index contributed by atoms with van der Waals surface area (Å²) in [6, 6.07) is 16.9. The van der Waals surface area contributed by atoms with E-state index in [0.29, 0.717) is 5.65 Å². The number of para-hydroxylation sites is 1. The fourth-order valence-electron chi connectivity index (χ4n) is 3.82. The van der Waals surface area contributed by atoms with Gasteiger partial charge in [-0.2, -0.15) is 5.10 Å². The molecule has 9 nitrogen and oxygen atoms in total. The Morgan fingerprint density at radius 1 is 1.03 bits per heavy atom. The summed E-state index contributed by atoms with van der Waals surface area (Å²) in [6.07, 6.45) is 2.77. The molecule has 0 unspecified atom stereocenters. The van der Waals surface area contributed by atoms with Crippen LogP contribution in [0.2, 0.25) is 0 Å². The zero-order valence-electron chi connectivity index (χ0n) is 17.3. The highest BCUT2D eigenvalue weighted by Crippen LogP contribution is 2.25. The van der Waals surface area contributed by atoms with Gasteiger partial charge in [0.05, 0.1) is 17.8 Å². The molecular formula is C23H20N6O3. The average molecular weight is 428 g/mol. The number of aryl methyl sites for hydroxylation is 1. The molecule has 1 fully saturated rings. The minimum absolute atomic E-state index is 0.0794. The summed E-state index contributed by atoms with van der Waals surface area (Å²) >= 11 is 0. The van der Waals surface area contributed by atoms with Gasteiger partial charge in [0.2, 0.25) is 11.8 Å². The molecule has 0 spiro atoms. The van der Waals surface area contributed by atoms with Gasteiger partial charge in [0.1, 0.15) is 11.7 Å². The SMILES string of the molecule is Cc1ccc(N2C[C@H](C(=O)Nn3cnc4c(cnn4-c4ccccc4)c3=O)CC2=O)cc1. The number of amides is 2. The van der Waals surface area contributed by atoms with Gasteiger partial charge in [-0.15, -0.1) is 0 Å². The molecule has 1 aliphatic rings. The third kappa shape index (κ3) is 3.43. The van der Waals surface area contributed by atoms with Crippen LogP contribution in [0.5, 0.6) is 0 Å². The number of carbonyl (C=O) groups is 2. The average Bonchev–Trinajstić information content (AvgIpc) is 3.41. The predicted octanol–water partition coefficient (Wildman–Crippen LogP) is 2.01. The second-order valence-corrected chi connectivity index (χ2v) is 7.77. The summed E-state index contributed by atoms with van der Waals surface area (Å²) in [4.78, 5) is 44.1. The lowest BCUT2D eigenvalue weighted by molar-refractivity contribution is -0.123. The van der Waals surface area contributed by atoms with Crippen LogP contribution in [0, 0.1) is 12.8 Å². The van der Waals surface area contributed by atoms with Crippen molar-refractivity contribution in [2.24, 2.45) is 5.92 Å². The predicted molar refractivity (Wildman–Crippen MR) is 119 cm³/mol. The van der Waals surface area contributed by atoms with E-state index in [1.807, 2.05) is 61.5 Å². The van der Waals surface area contributed by atoms with Crippen molar-refractivity contribution < 1.29 is 9.59 Å². The molecule has 1 saturated heterocycles. The molecule has 1 atom stereocenters. The van der Waals surface area contributed by atoms with Crippen LogP contribution in [-0.4, -0.2) is 37.8 Å². The van der Waals surface area contributed by atoms with Crippen molar-refractivity contribution in [3.05, 3.63) is 83.0 Å². The Morgan fingerprint density at radius 2 is 1.78 bits per heavy atom. The minimum atomic E-state index is -0.571. The molecule has 0 bridgehead atoms. The van der Waals surface area contributed by atoms with Crippen molar-refractivity contribution in [1.82, 2.24) is 19.4 Å². The van der Waals surface area contributed by atoms with Crippen LogP contribution in [0.3, 0.4) is 0 Å². The number of nitrogens with zero attached hydrogens (tertiary/aromatic N) is 5. The van der Waals surface area contributed by atoms with E-state index in [4.69, 9.17) is 0 Å². The van der Waals surface area contributed by atoms with Crippen molar-refractivity contribution in [1.29, 1.82) is 0 Å². The van der Waals surface area contributed by atoms with E-state index in [0.717, 1.165) is 21.6 Å². The first kappa shape index (κ1) is 19.7. The standard InChI is InChI=1S/C23H20N6O3/c1-15-7-9-17(10-8-15)27-13-16(11-20(27)30)22(31)26-28-14-24-21-19(23(28)32)12-25-29(21)18-5-3-2-4-6-18/h2-10,12,14,16H,11,13H2,1H3,(H,26,31)/t16-/m1/s1. The number of nitrogens with one attached hydrogen (secondary N) is 1. The van der Waals surface area contributed by atoms with Crippen LogP contribution in [0.25, 0.3) is 16.7 Å². The third-order valence-corrected chi connectivity index (χ3v) is 5.56. The van der Waals surface area contributed by atoms with Crippen molar-refractivity contribution in [2.75, 3.05) is 16.9 Å². The zero-order chi connectivity index (χ0) is 22.2. The number of carbonyl (C=O) groups excluding carboxylic acids is 2. The van der Waals surface area contributed by atoms with Gasteiger partial charge in [-0.3, -0.25) is 19.8 Å². The first-order valence-corrected chi connectivity index (χ1v) is 10.2. The summed E-state index contributed by atoms with van der Waals surface area (Å²) in [5, 5.41) is 4.54. The maximum absolute atomic E-state index is 12.9. The smallest absolute Gasteiger partial charge is 0.283 e. The molecule has 2 aromatic heterocycles. The van der Waals surface area contributed by atoms with E-state index >= 15 is 0 Å².